The first-order chi connectivity index (χ1) is 15.1. The molecule has 2 atom stereocenters. The Hall–Kier alpha value is -3.61. The molecule has 5 nitrogen and oxygen atoms in total. The summed E-state index contributed by atoms with van der Waals surface area (Å²) >= 11 is 0. The number of para-hydroxylation sites is 1. The van der Waals surface area contributed by atoms with Gasteiger partial charge >= 0.3 is 0 Å². The second-order valence-corrected chi connectivity index (χ2v) is 7.72. The zero-order valence-electron chi connectivity index (χ0n) is 16.4. The number of fused-ring (bicyclic) bond motifs is 6. The van der Waals surface area contributed by atoms with Gasteiger partial charge in [0.2, 0.25) is 0 Å². The second kappa shape index (κ2) is 6.20. The van der Waals surface area contributed by atoms with Crippen LogP contribution in [-0.2, 0) is 20.9 Å². The van der Waals surface area contributed by atoms with Crippen LogP contribution in [0.5, 0.6) is 0 Å². The van der Waals surface area contributed by atoms with Crippen molar-refractivity contribution in [3.63, 3.8) is 0 Å². The molecule has 31 heavy (non-hydrogen) atoms. The predicted molar refractivity (Wildman–Crippen MR) is 113 cm³/mol. The molecule has 0 amide bonds. The van der Waals surface area contributed by atoms with Gasteiger partial charge < -0.3 is 9.47 Å². The number of halogens is 1. The van der Waals surface area contributed by atoms with Crippen molar-refractivity contribution >= 4 is 10.9 Å². The van der Waals surface area contributed by atoms with Crippen molar-refractivity contribution in [3.8, 4) is 5.69 Å². The third kappa shape index (κ3) is 2.31. The monoisotopic (exact) mass is 412 g/mol. The zero-order chi connectivity index (χ0) is 21.2. The number of benzene rings is 3. The molecule has 2 aliphatic heterocycles. The largest absolute Gasteiger partial charge is 0.336 e. The van der Waals surface area contributed by atoms with Gasteiger partial charge in [-0.1, -0.05) is 55.1 Å². The number of nitrogens with zero attached hydrogens (tertiary/aromatic N) is 2. The molecule has 1 saturated heterocycles. The molecule has 0 radical (unpaired) electrons. The van der Waals surface area contributed by atoms with Gasteiger partial charge in [0.25, 0.3) is 11.3 Å². The van der Waals surface area contributed by atoms with E-state index in [1.54, 1.807) is 30.3 Å². The van der Waals surface area contributed by atoms with Crippen molar-refractivity contribution in [2.24, 2.45) is 0 Å². The number of aromatic nitrogens is 2. The van der Waals surface area contributed by atoms with Gasteiger partial charge in [0.05, 0.1) is 23.2 Å². The van der Waals surface area contributed by atoms with Crippen LogP contribution in [0.3, 0.4) is 0 Å². The molecule has 1 fully saturated rings. The molecule has 152 valence electrons. The quantitative estimate of drug-likeness (QED) is 0.464. The van der Waals surface area contributed by atoms with E-state index in [9.17, 15) is 9.18 Å². The highest BCUT2D eigenvalue weighted by atomic mass is 19.1. The fourth-order valence-electron chi connectivity index (χ4n) is 4.51. The smallest absolute Gasteiger partial charge is 0.266 e. The molecule has 1 spiro atoms. The van der Waals surface area contributed by atoms with Gasteiger partial charge in [-0.3, -0.25) is 9.36 Å². The van der Waals surface area contributed by atoms with Crippen molar-refractivity contribution in [1.82, 2.24) is 9.55 Å². The molecule has 1 aromatic heterocycles. The maximum Gasteiger partial charge on any atom is 0.266 e. The number of hydrogen-bond acceptors (Lipinski definition) is 4. The molecule has 2 unspecified atom stereocenters. The first-order valence-corrected chi connectivity index (χ1v) is 9.94. The highest BCUT2D eigenvalue weighted by Gasteiger charge is 2.59. The summed E-state index contributed by atoms with van der Waals surface area (Å²) in [5.74, 6) is -1.71. The molecule has 6 heteroatoms. The normalized spacial score (nSPS) is 23.8. The molecular weight excluding hydrogens is 395 g/mol. The summed E-state index contributed by atoms with van der Waals surface area (Å²) in [7, 11) is 0. The summed E-state index contributed by atoms with van der Waals surface area (Å²) in [6.45, 7) is 4.11. The van der Waals surface area contributed by atoms with Crippen LogP contribution in [0.2, 0.25) is 0 Å². The van der Waals surface area contributed by atoms with Crippen molar-refractivity contribution in [2.75, 3.05) is 6.61 Å². The van der Waals surface area contributed by atoms with Crippen LogP contribution in [-0.4, -0.2) is 16.2 Å². The number of ether oxygens (including phenoxy) is 2. The SMILES string of the molecule is C=CC1(c2ccccc2)COC2(O1)c1cc(F)ccc1-n1c2nc2ccccc2c1=O. The zero-order valence-corrected chi connectivity index (χ0v) is 16.4. The Bertz CT molecular complexity index is 1430. The fraction of sp³-hybridized carbons (Fsp3) is 0.120. The lowest BCUT2D eigenvalue weighted by Gasteiger charge is -2.28. The van der Waals surface area contributed by atoms with Crippen LogP contribution in [0.4, 0.5) is 4.39 Å². The highest BCUT2D eigenvalue weighted by Crippen LogP contribution is 2.53. The van der Waals surface area contributed by atoms with Crippen LogP contribution < -0.4 is 5.56 Å². The molecular formula is C25H17FN2O3. The molecule has 4 aromatic rings. The van der Waals surface area contributed by atoms with Crippen molar-refractivity contribution in [3.05, 3.63) is 119 Å². The summed E-state index contributed by atoms with van der Waals surface area (Å²) in [4.78, 5) is 18.2. The van der Waals surface area contributed by atoms with Crippen LogP contribution in [0.15, 0.2) is 90.2 Å². The lowest BCUT2D eigenvalue weighted by molar-refractivity contribution is -0.159. The van der Waals surface area contributed by atoms with E-state index in [0.717, 1.165) is 5.56 Å². The molecule has 6 rings (SSSR count). The maximum atomic E-state index is 14.4. The van der Waals surface area contributed by atoms with Gasteiger partial charge in [-0.05, 0) is 35.9 Å². The third-order valence-corrected chi connectivity index (χ3v) is 6.03. The van der Waals surface area contributed by atoms with Crippen LogP contribution in [0, 0.1) is 5.82 Å². The fourth-order valence-corrected chi connectivity index (χ4v) is 4.51. The van der Waals surface area contributed by atoms with Crippen LogP contribution >= 0.6 is 0 Å². The lowest BCUT2D eigenvalue weighted by atomic mass is 9.95. The highest BCUT2D eigenvalue weighted by molar-refractivity contribution is 5.78. The summed E-state index contributed by atoms with van der Waals surface area (Å²) in [5.41, 5.74) is 1.03. The Morgan fingerprint density at radius 1 is 1.06 bits per heavy atom. The minimum atomic E-state index is -1.54. The van der Waals surface area contributed by atoms with Gasteiger partial charge in [-0.15, -0.1) is 0 Å². The standard InChI is InChI=1S/C25H17FN2O3/c1-2-24(16-8-4-3-5-9-16)15-30-25(31-24)19-14-17(26)12-13-21(19)28-22(29)18-10-6-7-11-20(18)27-23(25)28/h2-14H,1,15H2. The van der Waals surface area contributed by atoms with E-state index in [-0.39, 0.29) is 18.0 Å². The van der Waals surface area contributed by atoms with E-state index >= 15 is 0 Å². The van der Waals surface area contributed by atoms with E-state index < -0.39 is 17.2 Å². The molecule has 0 saturated carbocycles. The van der Waals surface area contributed by atoms with Crippen LogP contribution in [0.1, 0.15) is 17.0 Å². The Morgan fingerprint density at radius 2 is 1.84 bits per heavy atom. The lowest BCUT2D eigenvalue weighted by Crippen LogP contribution is -2.34. The number of rotatable bonds is 2. The van der Waals surface area contributed by atoms with E-state index in [1.807, 2.05) is 36.4 Å². The van der Waals surface area contributed by atoms with Crippen molar-refractivity contribution in [2.45, 2.75) is 11.4 Å². The summed E-state index contributed by atoms with van der Waals surface area (Å²) in [5, 5.41) is 0.467. The molecule has 3 heterocycles. The summed E-state index contributed by atoms with van der Waals surface area (Å²) in [6.07, 6.45) is 1.68. The molecule has 0 aliphatic carbocycles. The Balaban J connectivity index is 1.67. The topological polar surface area (TPSA) is 53.4 Å². The van der Waals surface area contributed by atoms with E-state index in [4.69, 9.17) is 14.5 Å². The minimum absolute atomic E-state index is 0.138. The van der Waals surface area contributed by atoms with Crippen molar-refractivity contribution < 1.29 is 13.9 Å². The van der Waals surface area contributed by atoms with E-state index in [0.29, 0.717) is 22.2 Å². The van der Waals surface area contributed by atoms with E-state index in [1.165, 1.54) is 16.7 Å². The molecule has 2 aliphatic rings. The van der Waals surface area contributed by atoms with Gasteiger partial charge in [-0.2, -0.15) is 0 Å². The van der Waals surface area contributed by atoms with Crippen LogP contribution in [0.25, 0.3) is 16.6 Å². The Morgan fingerprint density at radius 3 is 2.65 bits per heavy atom. The first-order valence-electron chi connectivity index (χ1n) is 9.94. The van der Waals surface area contributed by atoms with Gasteiger partial charge in [0.15, 0.2) is 5.82 Å². The molecule has 0 bridgehead atoms. The Kier molecular flexibility index (Phi) is 3.64. The van der Waals surface area contributed by atoms with Crippen molar-refractivity contribution in [1.29, 1.82) is 0 Å². The summed E-state index contributed by atoms with van der Waals surface area (Å²) < 4.78 is 28.7. The third-order valence-electron chi connectivity index (χ3n) is 6.03. The minimum Gasteiger partial charge on any atom is -0.336 e. The molecule has 3 aromatic carbocycles. The average Bonchev–Trinajstić information content (AvgIpc) is 3.33. The first kappa shape index (κ1) is 18.2. The van der Waals surface area contributed by atoms with Gasteiger partial charge in [-0.25, -0.2) is 9.37 Å². The predicted octanol–water partition coefficient (Wildman–Crippen LogP) is 4.17. The Labute approximate surface area is 177 Å². The maximum absolute atomic E-state index is 14.4. The van der Waals surface area contributed by atoms with E-state index in [2.05, 4.69) is 6.58 Å². The average molecular weight is 412 g/mol. The number of hydrogen-bond donors (Lipinski definition) is 0. The van der Waals surface area contributed by atoms with Gasteiger partial charge in [0.1, 0.15) is 11.4 Å². The summed E-state index contributed by atoms with van der Waals surface area (Å²) in [6, 6.07) is 20.9. The van der Waals surface area contributed by atoms with Gasteiger partial charge in [0, 0.05) is 5.56 Å². The second-order valence-electron chi connectivity index (χ2n) is 7.72. The molecule has 0 N–H and O–H groups in total.